The van der Waals surface area contributed by atoms with E-state index in [1.165, 1.54) is 0 Å². The van der Waals surface area contributed by atoms with Gasteiger partial charge in [0.05, 0.1) is 0 Å². The maximum Gasteiger partial charge on any atom is 0.349 e. The molecule has 7 heteroatoms. The van der Waals surface area contributed by atoms with Crippen LogP contribution in [0.1, 0.15) is 54.4 Å². The second-order valence-electron chi connectivity index (χ2n) is 6.91. The maximum atomic E-state index is 14.4. The Balaban J connectivity index is 1.83. The zero-order valence-electron chi connectivity index (χ0n) is 14.5. The predicted molar refractivity (Wildman–Crippen MR) is 88.0 cm³/mol. The van der Waals surface area contributed by atoms with E-state index in [2.05, 4.69) is 11.7 Å². The molecule has 1 fully saturated rings. The summed E-state index contributed by atoms with van der Waals surface area (Å²) in [6.07, 6.45) is 3.52. The number of esters is 1. The number of rotatable bonds is 3. The van der Waals surface area contributed by atoms with E-state index < -0.39 is 46.4 Å². The minimum Gasteiger partial charge on any atom is -0.423 e. The Morgan fingerprint density at radius 3 is 1.89 bits per heavy atom. The molecule has 0 atom stereocenters. The maximum absolute atomic E-state index is 14.4. The highest BCUT2D eigenvalue weighted by Gasteiger charge is 2.26. The minimum atomic E-state index is -1.74. The number of hydrogen-bond donors (Lipinski definition) is 0. The highest BCUT2D eigenvalue weighted by molar-refractivity contribution is 5.91. The Hall–Kier alpha value is -2.44. The van der Waals surface area contributed by atoms with Crippen molar-refractivity contribution in [1.29, 1.82) is 0 Å². The average Bonchev–Trinajstić information content (AvgIpc) is 2.59. The zero-order chi connectivity index (χ0) is 19.7. The van der Waals surface area contributed by atoms with Crippen LogP contribution in [-0.2, 0) is 0 Å². The van der Waals surface area contributed by atoms with Crippen LogP contribution in [0.4, 0.5) is 22.0 Å². The minimum absolute atomic E-state index is 0.00978. The van der Waals surface area contributed by atoms with E-state index in [4.69, 9.17) is 0 Å². The summed E-state index contributed by atoms with van der Waals surface area (Å²) in [4.78, 5) is 12.1. The van der Waals surface area contributed by atoms with Crippen molar-refractivity contribution in [1.82, 2.24) is 0 Å². The van der Waals surface area contributed by atoms with Crippen molar-refractivity contribution in [2.24, 2.45) is 5.92 Å². The first kappa shape index (κ1) is 19.3. The lowest BCUT2D eigenvalue weighted by atomic mass is 9.79. The molecule has 1 aliphatic carbocycles. The molecule has 1 aliphatic rings. The number of hydrogen-bond acceptors (Lipinski definition) is 2. The van der Waals surface area contributed by atoms with Crippen molar-refractivity contribution in [2.45, 2.75) is 38.5 Å². The molecule has 2 nitrogen and oxygen atoms in total. The molecule has 0 saturated heterocycles. The van der Waals surface area contributed by atoms with Gasteiger partial charge in [-0.25, -0.2) is 26.7 Å². The summed E-state index contributed by atoms with van der Waals surface area (Å²) in [5, 5.41) is 0. The van der Waals surface area contributed by atoms with Crippen molar-refractivity contribution >= 4 is 5.97 Å². The Morgan fingerprint density at radius 1 is 0.852 bits per heavy atom. The van der Waals surface area contributed by atoms with Gasteiger partial charge in [0.2, 0.25) is 0 Å². The Labute approximate surface area is 153 Å². The van der Waals surface area contributed by atoms with Gasteiger partial charge in [-0.05, 0) is 42.4 Å². The molecule has 0 N–H and O–H groups in total. The molecular formula is C20H17F5O2. The first-order valence-corrected chi connectivity index (χ1v) is 8.62. The van der Waals surface area contributed by atoms with Gasteiger partial charge in [-0.15, -0.1) is 0 Å². The van der Waals surface area contributed by atoms with E-state index in [1.807, 2.05) is 0 Å². The van der Waals surface area contributed by atoms with Gasteiger partial charge in [0, 0.05) is 12.1 Å². The highest BCUT2D eigenvalue weighted by Crippen LogP contribution is 2.36. The zero-order valence-corrected chi connectivity index (χ0v) is 14.5. The molecule has 144 valence electrons. The smallest absolute Gasteiger partial charge is 0.349 e. The third-order valence-corrected chi connectivity index (χ3v) is 4.92. The van der Waals surface area contributed by atoms with Gasteiger partial charge in [-0.1, -0.05) is 19.8 Å². The van der Waals surface area contributed by atoms with Crippen molar-refractivity contribution in [3.63, 3.8) is 0 Å². The number of benzene rings is 2. The van der Waals surface area contributed by atoms with Crippen LogP contribution in [0, 0.1) is 35.0 Å². The molecule has 2 aromatic rings. The van der Waals surface area contributed by atoms with Gasteiger partial charge in [0.1, 0.15) is 22.9 Å². The first-order chi connectivity index (χ1) is 12.8. The van der Waals surface area contributed by atoms with Gasteiger partial charge in [-0.3, -0.25) is 0 Å². The third kappa shape index (κ3) is 4.12. The summed E-state index contributed by atoms with van der Waals surface area (Å²) in [5.74, 6) is -8.70. The molecule has 27 heavy (non-hydrogen) atoms. The standard InChI is InChI=1S/C20H17F5O2/c1-10-2-4-11(5-3-10)12-6-14(21)18(15(22)7-12)20(26)27-13-8-16(23)19(25)17(24)9-13/h6-11H,2-5H2,1H3. The lowest BCUT2D eigenvalue weighted by molar-refractivity contribution is 0.0723. The fraction of sp³-hybridized carbons (Fsp3) is 0.350. The van der Waals surface area contributed by atoms with Crippen LogP contribution in [0.5, 0.6) is 5.75 Å². The van der Waals surface area contributed by atoms with E-state index in [1.54, 1.807) is 0 Å². The molecule has 0 aliphatic heterocycles. The summed E-state index contributed by atoms with van der Waals surface area (Å²) in [6.45, 7) is 2.12. The summed E-state index contributed by atoms with van der Waals surface area (Å²) in [7, 11) is 0. The van der Waals surface area contributed by atoms with E-state index in [-0.39, 0.29) is 5.92 Å². The summed E-state index contributed by atoms with van der Waals surface area (Å²) >= 11 is 0. The molecule has 0 aromatic heterocycles. The van der Waals surface area contributed by atoms with E-state index in [9.17, 15) is 26.7 Å². The molecule has 0 unspecified atom stereocenters. The van der Waals surface area contributed by atoms with E-state index in [0.29, 0.717) is 23.6 Å². The molecular weight excluding hydrogens is 367 g/mol. The monoisotopic (exact) mass is 384 g/mol. The lowest BCUT2D eigenvalue weighted by Crippen LogP contribution is -2.16. The molecule has 1 saturated carbocycles. The number of carbonyl (C=O) groups excluding carboxylic acids is 1. The first-order valence-electron chi connectivity index (χ1n) is 8.62. The molecule has 2 aromatic carbocycles. The van der Waals surface area contributed by atoms with Crippen LogP contribution >= 0.6 is 0 Å². The van der Waals surface area contributed by atoms with Crippen molar-refractivity contribution in [2.75, 3.05) is 0 Å². The molecule has 3 rings (SSSR count). The Bertz CT molecular complexity index is 827. The van der Waals surface area contributed by atoms with Crippen LogP contribution in [0.2, 0.25) is 0 Å². The molecule has 0 radical (unpaired) electrons. The predicted octanol–water partition coefficient (Wildman–Crippen LogP) is 5.90. The van der Waals surface area contributed by atoms with Gasteiger partial charge in [-0.2, -0.15) is 0 Å². The Kier molecular flexibility index (Phi) is 5.48. The molecule has 0 amide bonds. The number of halogens is 5. The normalized spacial score (nSPS) is 19.8. The summed E-state index contributed by atoms with van der Waals surface area (Å²) in [6, 6.07) is 3.02. The quantitative estimate of drug-likeness (QED) is 0.285. The van der Waals surface area contributed by atoms with Crippen LogP contribution in [-0.4, -0.2) is 5.97 Å². The van der Waals surface area contributed by atoms with Gasteiger partial charge < -0.3 is 4.74 Å². The van der Waals surface area contributed by atoms with Gasteiger partial charge in [0.15, 0.2) is 17.5 Å². The molecule has 0 spiro atoms. The van der Waals surface area contributed by atoms with Crippen molar-refractivity contribution < 1.29 is 31.5 Å². The third-order valence-electron chi connectivity index (χ3n) is 4.92. The largest absolute Gasteiger partial charge is 0.423 e. The van der Waals surface area contributed by atoms with Crippen molar-refractivity contribution in [3.8, 4) is 5.75 Å². The van der Waals surface area contributed by atoms with E-state index in [0.717, 1.165) is 37.8 Å². The fourth-order valence-corrected chi connectivity index (χ4v) is 3.37. The summed E-state index contributed by atoms with van der Waals surface area (Å²) in [5.41, 5.74) is -0.500. The highest BCUT2D eigenvalue weighted by atomic mass is 19.2. The SMILES string of the molecule is CC1CCC(c2cc(F)c(C(=O)Oc3cc(F)c(F)c(F)c3)c(F)c2)CC1. The average molecular weight is 384 g/mol. The lowest BCUT2D eigenvalue weighted by Gasteiger charge is -2.26. The van der Waals surface area contributed by atoms with Crippen LogP contribution < -0.4 is 4.74 Å². The fourth-order valence-electron chi connectivity index (χ4n) is 3.37. The molecule has 0 heterocycles. The van der Waals surface area contributed by atoms with Crippen molar-refractivity contribution in [3.05, 3.63) is 64.5 Å². The summed E-state index contributed by atoms with van der Waals surface area (Å²) < 4.78 is 72.7. The Morgan fingerprint density at radius 2 is 1.37 bits per heavy atom. The second kappa shape index (κ2) is 7.66. The number of ether oxygens (including phenoxy) is 1. The number of carbonyl (C=O) groups is 1. The van der Waals surface area contributed by atoms with Crippen LogP contribution in [0.15, 0.2) is 24.3 Å². The molecule has 0 bridgehead atoms. The van der Waals surface area contributed by atoms with Gasteiger partial charge >= 0.3 is 5.97 Å². The van der Waals surface area contributed by atoms with Crippen LogP contribution in [0.3, 0.4) is 0 Å². The topological polar surface area (TPSA) is 26.3 Å². The van der Waals surface area contributed by atoms with Crippen LogP contribution in [0.25, 0.3) is 0 Å². The van der Waals surface area contributed by atoms with Gasteiger partial charge in [0.25, 0.3) is 0 Å². The second-order valence-corrected chi connectivity index (χ2v) is 6.91. The van der Waals surface area contributed by atoms with E-state index >= 15 is 0 Å².